The fraction of sp³-hybridized carbons (Fsp3) is 0.333. The highest BCUT2D eigenvalue weighted by atomic mass is 35.5. The Kier molecular flexibility index (Phi) is 4.04. The van der Waals surface area contributed by atoms with Crippen molar-refractivity contribution in [3.63, 3.8) is 0 Å². The number of nitro groups is 1. The van der Waals surface area contributed by atoms with Crippen LogP contribution < -0.4 is 5.32 Å². The van der Waals surface area contributed by atoms with Gasteiger partial charge in [0.1, 0.15) is 11.1 Å². The molecule has 0 amide bonds. The van der Waals surface area contributed by atoms with E-state index in [1.54, 1.807) is 18.4 Å². The molecule has 1 heterocycles. The molecule has 0 fully saturated rings. The highest BCUT2D eigenvalue weighted by Gasteiger charge is 2.14. The van der Waals surface area contributed by atoms with Crippen molar-refractivity contribution in [2.45, 2.75) is 18.9 Å². The van der Waals surface area contributed by atoms with Crippen LogP contribution >= 0.6 is 11.6 Å². The maximum absolute atomic E-state index is 10.6. The molecule has 0 aromatic heterocycles. The van der Waals surface area contributed by atoms with E-state index in [1.807, 2.05) is 6.08 Å². The van der Waals surface area contributed by atoms with Crippen molar-refractivity contribution in [3.8, 4) is 0 Å². The van der Waals surface area contributed by atoms with E-state index in [2.05, 4.69) is 5.32 Å². The van der Waals surface area contributed by atoms with Gasteiger partial charge in [0.2, 0.25) is 0 Å². The number of hydrogen-bond acceptors (Lipinski definition) is 4. The predicted octanol–water partition coefficient (Wildman–Crippen LogP) is 3.35. The molecule has 6 heteroatoms. The number of allylic oxidation sites excluding steroid dienone is 1. The summed E-state index contributed by atoms with van der Waals surface area (Å²) in [7, 11) is 0. The molecule has 1 atom stereocenters. The molecule has 0 saturated heterocycles. The number of anilines is 1. The van der Waals surface area contributed by atoms with Gasteiger partial charge in [-0.1, -0.05) is 11.6 Å². The highest BCUT2D eigenvalue weighted by Crippen LogP contribution is 2.27. The molecule has 96 valence electrons. The van der Waals surface area contributed by atoms with Crippen molar-refractivity contribution in [2.24, 2.45) is 0 Å². The molecule has 1 aliphatic rings. The Morgan fingerprint density at radius 3 is 3.00 bits per heavy atom. The third-order valence-corrected chi connectivity index (χ3v) is 3.00. The van der Waals surface area contributed by atoms with E-state index in [4.69, 9.17) is 16.3 Å². The molecule has 0 bridgehead atoms. The van der Waals surface area contributed by atoms with Crippen LogP contribution in [-0.4, -0.2) is 17.6 Å². The second-order valence-corrected chi connectivity index (χ2v) is 4.42. The Morgan fingerprint density at radius 1 is 1.56 bits per heavy atom. The largest absolute Gasteiger partial charge is 0.497 e. The summed E-state index contributed by atoms with van der Waals surface area (Å²) in [5, 5.41) is 13.9. The van der Waals surface area contributed by atoms with Gasteiger partial charge in [-0.15, -0.1) is 0 Å². The standard InChI is InChI=1S/C12H13ClN2O3/c13-11-7-9(4-5-12(11)15(16)17)14-8-10-3-1-2-6-18-10/h2,4-7,10,14H,1,3,8H2. The van der Waals surface area contributed by atoms with Crippen molar-refractivity contribution in [1.82, 2.24) is 0 Å². The van der Waals surface area contributed by atoms with E-state index in [0.717, 1.165) is 18.5 Å². The Labute approximate surface area is 110 Å². The van der Waals surface area contributed by atoms with E-state index in [9.17, 15) is 10.1 Å². The van der Waals surface area contributed by atoms with Crippen molar-refractivity contribution in [1.29, 1.82) is 0 Å². The molecule has 2 rings (SSSR count). The van der Waals surface area contributed by atoms with Gasteiger partial charge >= 0.3 is 0 Å². The Hall–Kier alpha value is -1.75. The molecule has 5 nitrogen and oxygen atoms in total. The number of halogens is 1. The van der Waals surface area contributed by atoms with Crippen molar-refractivity contribution < 1.29 is 9.66 Å². The van der Waals surface area contributed by atoms with Gasteiger partial charge in [0.15, 0.2) is 0 Å². The summed E-state index contributed by atoms with van der Waals surface area (Å²) in [6, 6.07) is 4.59. The van der Waals surface area contributed by atoms with E-state index in [0.29, 0.717) is 6.54 Å². The lowest BCUT2D eigenvalue weighted by Crippen LogP contribution is -2.22. The van der Waals surface area contributed by atoms with Crippen LogP contribution in [0.2, 0.25) is 5.02 Å². The lowest BCUT2D eigenvalue weighted by molar-refractivity contribution is -0.384. The van der Waals surface area contributed by atoms with Gasteiger partial charge in [-0.3, -0.25) is 10.1 Å². The Bertz CT molecular complexity index is 476. The Morgan fingerprint density at radius 2 is 2.39 bits per heavy atom. The first-order valence-corrected chi connectivity index (χ1v) is 6.03. The molecule has 0 radical (unpaired) electrons. The minimum atomic E-state index is -0.499. The summed E-state index contributed by atoms with van der Waals surface area (Å²) >= 11 is 5.82. The molecule has 18 heavy (non-hydrogen) atoms. The number of rotatable bonds is 4. The fourth-order valence-electron chi connectivity index (χ4n) is 1.73. The van der Waals surface area contributed by atoms with Gasteiger partial charge in [-0.05, 0) is 31.1 Å². The van der Waals surface area contributed by atoms with Crippen LogP contribution in [0.1, 0.15) is 12.8 Å². The normalized spacial score (nSPS) is 18.2. The number of hydrogen-bond donors (Lipinski definition) is 1. The second kappa shape index (κ2) is 5.73. The molecule has 0 saturated carbocycles. The average molecular weight is 269 g/mol. The monoisotopic (exact) mass is 268 g/mol. The summed E-state index contributed by atoms with van der Waals surface area (Å²) in [5.41, 5.74) is 0.669. The maximum atomic E-state index is 10.6. The van der Waals surface area contributed by atoms with Crippen LogP contribution in [0.25, 0.3) is 0 Å². The zero-order valence-corrected chi connectivity index (χ0v) is 10.4. The summed E-state index contributed by atoms with van der Waals surface area (Å²) in [5.74, 6) is 0. The van der Waals surface area contributed by atoms with Gasteiger partial charge in [0.05, 0.1) is 17.7 Å². The van der Waals surface area contributed by atoms with Gasteiger partial charge in [-0.2, -0.15) is 0 Å². The SMILES string of the molecule is O=[N+]([O-])c1ccc(NCC2CCC=CO2)cc1Cl. The first kappa shape index (κ1) is 12.7. The number of nitrogens with zero attached hydrogens (tertiary/aromatic N) is 1. The fourth-order valence-corrected chi connectivity index (χ4v) is 1.98. The number of ether oxygens (including phenoxy) is 1. The highest BCUT2D eigenvalue weighted by molar-refractivity contribution is 6.32. The van der Waals surface area contributed by atoms with Crippen molar-refractivity contribution in [3.05, 3.63) is 45.7 Å². The first-order valence-electron chi connectivity index (χ1n) is 5.65. The lowest BCUT2D eigenvalue weighted by Gasteiger charge is -2.20. The molecule has 1 N–H and O–H groups in total. The quantitative estimate of drug-likeness (QED) is 0.672. The van der Waals surface area contributed by atoms with E-state index in [-0.39, 0.29) is 16.8 Å². The van der Waals surface area contributed by atoms with Crippen LogP contribution in [0.5, 0.6) is 0 Å². The molecule has 1 unspecified atom stereocenters. The molecule has 1 aliphatic heterocycles. The van der Waals surface area contributed by atoms with Crippen LogP contribution in [0.3, 0.4) is 0 Å². The lowest BCUT2D eigenvalue weighted by atomic mass is 10.1. The molecular weight excluding hydrogens is 256 g/mol. The molecule has 1 aromatic rings. The number of benzene rings is 1. The van der Waals surface area contributed by atoms with Crippen LogP contribution in [0.4, 0.5) is 11.4 Å². The van der Waals surface area contributed by atoms with Gasteiger partial charge in [-0.25, -0.2) is 0 Å². The minimum absolute atomic E-state index is 0.0842. The number of nitrogens with one attached hydrogen (secondary N) is 1. The zero-order valence-electron chi connectivity index (χ0n) is 9.64. The summed E-state index contributed by atoms with van der Waals surface area (Å²) < 4.78 is 5.41. The van der Waals surface area contributed by atoms with E-state index in [1.165, 1.54) is 6.07 Å². The van der Waals surface area contributed by atoms with Gasteiger partial charge < -0.3 is 10.1 Å². The summed E-state index contributed by atoms with van der Waals surface area (Å²) in [4.78, 5) is 10.1. The summed E-state index contributed by atoms with van der Waals surface area (Å²) in [6.45, 7) is 0.651. The Balaban J connectivity index is 1.95. The molecule has 1 aromatic carbocycles. The smallest absolute Gasteiger partial charge is 0.288 e. The average Bonchev–Trinajstić information content (AvgIpc) is 2.37. The third-order valence-electron chi connectivity index (χ3n) is 2.70. The molecule has 0 spiro atoms. The topological polar surface area (TPSA) is 64.4 Å². The van der Waals surface area contributed by atoms with Crippen LogP contribution in [-0.2, 0) is 4.74 Å². The van der Waals surface area contributed by atoms with Crippen LogP contribution in [0, 0.1) is 10.1 Å². The molecular formula is C12H13ClN2O3. The second-order valence-electron chi connectivity index (χ2n) is 4.01. The van der Waals surface area contributed by atoms with Crippen molar-refractivity contribution >= 4 is 23.0 Å². The van der Waals surface area contributed by atoms with Crippen LogP contribution in [0.15, 0.2) is 30.5 Å². The molecule has 0 aliphatic carbocycles. The van der Waals surface area contributed by atoms with E-state index >= 15 is 0 Å². The predicted molar refractivity (Wildman–Crippen MR) is 69.8 cm³/mol. The van der Waals surface area contributed by atoms with Gasteiger partial charge in [0.25, 0.3) is 5.69 Å². The van der Waals surface area contributed by atoms with Gasteiger partial charge in [0, 0.05) is 11.8 Å². The number of nitro benzene ring substituents is 1. The van der Waals surface area contributed by atoms with E-state index < -0.39 is 4.92 Å². The first-order chi connectivity index (χ1) is 8.66. The maximum Gasteiger partial charge on any atom is 0.288 e. The third kappa shape index (κ3) is 3.13. The van der Waals surface area contributed by atoms with Crippen molar-refractivity contribution in [2.75, 3.05) is 11.9 Å². The minimum Gasteiger partial charge on any atom is -0.497 e. The zero-order chi connectivity index (χ0) is 13.0. The summed E-state index contributed by atoms with van der Waals surface area (Å²) in [6.07, 6.45) is 5.79.